The van der Waals surface area contributed by atoms with Crippen molar-refractivity contribution >= 4 is 24.8 Å². The van der Waals surface area contributed by atoms with Crippen molar-refractivity contribution < 1.29 is 18.6 Å². The Morgan fingerprint density at radius 1 is 1.13 bits per heavy atom. The maximum absolute atomic E-state index is 13.8. The molecule has 1 fully saturated rings. The number of rotatable bonds is 5. The summed E-state index contributed by atoms with van der Waals surface area (Å²) in [7, 11) is 0. The maximum atomic E-state index is 13.8. The smallest absolute Gasteiger partial charge is 0.131 e. The Bertz CT molecular complexity index is 924. The van der Waals surface area contributed by atoms with E-state index < -0.39 is 11.6 Å². The van der Waals surface area contributed by atoms with Crippen molar-refractivity contribution in [1.82, 2.24) is 4.90 Å². The molecule has 0 radical (unpaired) electrons. The Morgan fingerprint density at radius 2 is 1.87 bits per heavy atom. The number of fused-ring (bicyclic) bond motifs is 4. The lowest BCUT2D eigenvalue weighted by Crippen LogP contribution is -2.64. The van der Waals surface area contributed by atoms with E-state index in [2.05, 4.69) is 31.7 Å². The number of hydrogen-bond donors (Lipinski definition) is 1. The molecule has 0 amide bonds. The van der Waals surface area contributed by atoms with Crippen LogP contribution in [0, 0.1) is 17.0 Å². The first kappa shape index (κ1) is 25.9. The average Bonchev–Trinajstić information content (AvgIpc) is 2.65. The lowest BCUT2D eigenvalue weighted by Gasteiger charge is -2.61. The van der Waals surface area contributed by atoms with Crippen molar-refractivity contribution in [2.45, 2.75) is 51.7 Å². The zero-order valence-electron chi connectivity index (χ0n) is 18.2. The summed E-state index contributed by atoms with van der Waals surface area (Å²) in [5.41, 5.74) is 2.78. The second-order valence-corrected chi connectivity index (χ2v) is 9.15. The highest BCUT2D eigenvalue weighted by molar-refractivity contribution is 5.85. The minimum Gasteiger partial charge on any atom is -0.508 e. The number of hydrogen-bond acceptors (Lipinski definition) is 3. The highest BCUT2D eigenvalue weighted by atomic mass is 35.5. The molecule has 7 heteroatoms. The molecule has 2 aromatic carbocycles. The first-order valence-electron chi connectivity index (χ1n) is 10.3. The molecule has 1 aliphatic heterocycles. The van der Waals surface area contributed by atoms with E-state index in [-0.39, 0.29) is 42.3 Å². The van der Waals surface area contributed by atoms with Gasteiger partial charge in [-0.1, -0.05) is 39.0 Å². The molecule has 1 N–H and O–H groups in total. The molecule has 0 saturated carbocycles. The van der Waals surface area contributed by atoms with Crippen LogP contribution in [0.3, 0.4) is 0 Å². The van der Waals surface area contributed by atoms with Gasteiger partial charge in [-0.2, -0.15) is 0 Å². The Kier molecular flexibility index (Phi) is 8.02. The Labute approximate surface area is 195 Å². The van der Waals surface area contributed by atoms with Gasteiger partial charge in [0, 0.05) is 29.6 Å². The van der Waals surface area contributed by atoms with Gasteiger partial charge < -0.3 is 9.84 Å². The van der Waals surface area contributed by atoms with E-state index in [9.17, 15) is 13.9 Å². The fraction of sp³-hybridized carbons (Fsp3) is 0.500. The number of piperidine rings is 1. The summed E-state index contributed by atoms with van der Waals surface area (Å²) in [6, 6.07) is 9.77. The average molecular weight is 474 g/mol. The fourth-order valence-corrected chi connectivity index (χ4v) is 5.31. The molecule has 0 unspecified atom stereocenters. The molecule has 2 bridgehead atoms. The predicted molar refractivity (Wildman–Crippen MR) is 123 cm³/mol. The molecule has 31 heavy (non-hydrogen) atoms. The molecule has 0 aromatic heterocycles. The Hall–Kier alpha value is -1.40. The van der Waals surface area contributed by atoms with Gasteiger partial charge in [0.15, 0.2) is 0 Å². The van der Waals surface area contributed by atoms with Crippen molar-refractivity contribution in [2.75, 3.05) is 19.7 Å². The van der Waals surface area contributed by atoms with Crippen LogP contribution in [-0.4, -0.2) is 35.7 Å². The van der Waals surface area contributed by atoms with Gasteiger partial charge in [0.25, 0.3) is 0 Å². The van der Waals surface area contributed by atoms with Gasteiger partial charge >= 0.3 is 0 Å². The number of phenolic OH excluding ortho intramolecular Hbond substituents is 1. The first-order chi connectivity index (χ1) is 13.7. The second-order valence-electron chi connectivity index (χ2n) is 9.15. The van der Waals surface area contributed by atoms with Crippen molar-refractivity contribution in [3.05, 3.63) is 64.7 Å². The number of ether oxygens (including phenoxy) is 1. The zero-order valence-corrected chi connectivity index (χ0v) is 19.8. The monoisotopic (exact) mass is 473 g/mol. The van der Waals surface area contributed by atoms with Crippen molar-refractivity contribution in [3.8, 4) is 5.75 Å². The zero-order chi connectivity index (χ0) is 20.8. The highest BCUT2D eigenvalue weighted by Crippen LogP contribution is 2.57. The van der Waals surface area contributed by atoms with E-state index in [4.69, 9.17) is 4.74 Å². The molecule has 1 heterocycles. The molecule has 2 aliphatic rings. The fourth-order valence-electron chi connectivity index (χ4n) is 5.31. The van der Waals surface area contributed by atoms with Crippen molar-refractivity contribution in [3.63, 3.8) is 0 Å². The number of aromatic hydroxyl groups is 1. The van der Waals surface area contributed by atoms with Crippen LogP contribution < -0.4 is 0 Å². The minimum atomic E-state index is -0.578. The van der Waals surface area contributed by atoms with Crippen LogP contribution in [0.25, 0.3) is 0 Å². The summed E-state index contributed by atoms with van der Waals surface area (Å²) >= 11 is 0. The third-order valence-electron chi connectivity index (χ3n) is 7.53. The van der Waals surface area contributed by atoms with E-state index in [1.54, 1.807) is 6.07 Å². The topological polar surface area (TPSA) is 32.7 Å². The van der Waals surface area contributed by atoms with Crippen LogP contribution in [0.1, 0.15) is 43.9 Å². The second kappa shape index (κ2) is 9.62. The maximum Gasteiger partial charge on any atom is 0.131 e. The molecule has 1 aliphatic carbocycles. The minimum absolute atomic E-state index is 0. The van der Waals surface area contributed by atoms with Gasteiger partial charge in [-0.05, 0) is 48.1 Å². The largest absolute Gasteiger partial charge is 0.508 e. The van der Waals surface area contributed by atoms with Crippen molar-refractivity contribution in [1.29, 1.82) is 0 Å². The molecule has 2 atom stereocenters. The van der Waals surface area contributed by atoms with Crippen LogP contribution in [0.5, 0.6) is 5.75 Å². The van der Waals surface area contributed by atoms with Gasteiger partial charge in [0.2, 0.25) is 0 Å². The highest BCUT2D eigenvalue weighted by Gasteiger charge is 2.56. The van der Waals surface area contributed by atoms with E-state index >= 15 is 0 Å². The quantitative estimate of drug-likeness (QED) is 0.569. The molecule has 4 rings (SSSR count). The summed E-state index contributed by atoms with van der Waals surface area (Å²) in [4.78, 5) is 2.44. The van der Waals surface area contributed by atoms with E-state index in [0.717, 1.165) is 37.6 Å². The summed E-state index contributed by atoms with van der Waals surface area (Å²) < 4.78 is 32.5. The molecule has 2 aromatic rings. The number of phenols is 1. The van der Waals surface area contributed by atoms with Gasteiger partial charge in [0.05, 0.1) is 13.2 Å². The number of likely N-dealkylation sites (tertiary alicyclic amines) is 1. The molecule has 0 spiro atoms. The van der Waals surface area contributed by atoms with Crippen LogP contribution in [-0.2, 0) is 23.2 Å². The number of nitrogens with zero attached hydrogens (tertiary/aromatic N) is 1. The van der Waals surface area contributed by atoms with E-state index in [0.29, 0.717) is 24.0 Å². The third-order valence-corrected chi connectivity index (χ3v) is 7.53. The molecule has 3 nitrogen and oxygen atoms in total. The lowest BCUT2D eigenvalue weighted by molar-refractivity contribution is -0.0497. The molecular weight excluding hydrogens is 443 g/mol. The van der Waals surface area contributed by atoms with E-state index in [1.165, 1.54) is 17.7 Å². The Balaban J connectivity index is 0.00000171. The van der Waals surface area contributed by atoms with Crippen molar-refractivity contribution in [2.24, 2.45) is 5.41 Å². The normalized spacial score (nSPS) is 24.0. The SMILES string of the molecule is CC1(C)[C@H]2Cc3c(O)cccc3[C@]1(C)CCN2CCOCc1ccc(F)cc1F.Cl.Cl. The van der Waals surface area contributed by atoms with Gasteiger partial charge in [-0.15, -0.1) is 24.8 Å². The Morgan fingerprint density at radius 3 is 2.58 bits per heavy atom. The first-order valence-corrected chi connectivity index (χ1v) is 10.3. The predicted octanol–water partition coefficient (Wildman–Crippen LogP) is 5.65. The van der Waals surface area contributed by atoms with Crippen LogP contribution in [0.4, 0.5) is 8.78 Å². The van der Waals surface area contributed by atoms with Crippen LogP contribution >= 0.6 is 24.8 Å². The summed E-state index contributed by atoms with van der Waals surface area (Å²) in [5.74, 6) is -0.760. The lowest BCUT2D eigenvalue weighted by atomic mass is 9.51. The third kappa shape index (κ3) is 4.43. The standard InChI is InChI=1S/C24H29F2NO2.2ClH/c1-23(2)22-14-18-19(5-4-6-21(18)28)24(23,3)9-10-27(22)11-12-29-15-16-7-8-17(25)13-20(16)26;;/h4-8,13,22,28H,9-12,14-15H2,1-3H3;2*1H/t22-,24+;;/m1../s1. The molecular formula is C24H31Cl2F2NO2. The van der Waals surface area contributed by atoms with Gasteiger partial charge in [0.1, 0.15) is 17.4 Å². The summed E-state index contributed by atoms with van der Waals surface area (Å²) in [6.07, 6.45) is 1.83. The number of halogens is 4. The molecule has 172 valence electrons. The van der Waals surface area contributed by atoms with Crippen LogP contribution in [0.2, 0.25) is 0 Å². The summed E-state index contributed by atoms with van der Waals surface area (Å²) in [5, 5.41) is 10.5. The molecule has 1 saturated heterocycles. The van der Waals surface area contributed by atoms with Gasteiger partial charge in [-0.3, -0.25) is 4.90 Å². The number of benzene rings is 2. The van der Waals surface area contributed by atoms with Gasteiger partial charge in [-0.25, -0.2) is 8.78 Å². The van der Waals surface area contributed by atoms with Crippen LogP contribution in [0.15, 0.2) is 36.4 Å². The van der Waals surface area contributed by atoms with E-state index in [1.807, 2.05) is 6.07 Å². The summed E-state index contributed by atoms with van der Waals surface area (Å²) in [6.45, 7) is 9.30.